The highest BCUT2D eigenvalue weighted by Gasteiger charge is 2.36. The molecule has 0 bridgehead atoms. The van der Waals surface area contributed by atoms with Crippen LogP contribution in [0.3, 0.4) is 0 Å². The van der Waals surface area contributed by atoms with E-state index in [0.717, 1.165) is 24.2 Å². The Labute approximate surface area is 164 Å². The molecule has 2 aromatic carbocycles. The van der Waals surface area contributed by atoms with Crippen molar-refractivity contribution in [2.24, 2.45) is 5.73 Å². The number of rotatable bonds is 4. The summed E-state index contributed by atoms with van der Waals surface area (Å²) >= 11 is 0. The molecule has 0 aliphatic heterocycles. The number of benzene rings is 2. The lowest BCUT2D eigenvalue weighted by atomic mass is 10.1. The van der Waals surface area contributed by atoms with Gasteiger partial charge in [-0.05, 0) is 26.0 Å². The minimum absolute atomic E-state index is 0.0950. The predicted molar refractivity (Wildman–Crippen MR) is 101 cm³/mol. The molecule has 0 spiro atoms. The number of anilines is 1. The number of hydrogen-bond donors (Lipinski definition) is 2. The van der Waals surface area contributed by atoms with Crippen LogP contribution < -0.4 is 11.1 Å². The molecule has 0 amide bonds. The van der Waals surface area contributed by atoms with Crippen LogP contribution in [0, 0.1) is 10.1 Å². The fraction of sp³-hybridized carbons (Fsp3) is 0.312. The van der Waals surface area contributed by atoms with Crippen LogP contribution in [-0.2, 0) is 10.1 Å². The van der Waals surface area contributed by atoms with E-state index in [0.29, 0.717) is 11.3 Å². The number of nitrogens with zero attached hydrogens (tertiary/aromatic N) is 2. The lowest BCUT2D eigenvalue weighted by molar-refractivity contribution is -0.521. The Morgan fingerprint density at radius 2 is 1.59 bits per heavy atom. The molecule has 0 aliphatic rings. The highest BCUT2D eigenvalue weighted by atomic mass is 32.2. The summed E-state index contributed by atoms with van der Waals surface area (Å²) in [6.07, 6.45) is 0. The topological polar surface area (TPSA) is 141 Å². The van der Waals surface area contributed by atoms with Gasteiger partial charge in [-0.25, -0.2) is 13.7 Å². The standard InChI is InChI=1S/C15H18N4O2.CHF3O3S/c1-3-18(4-2)15(16)17-13-9-10-14(19(20)21)12-8-6-5-7-11(12)13;2-1(3,4)8(5,6)7/h5-10H,3-4H2,1-2H3,(H2,16,17);(H,5,6,7). The molecule has 160 valence electrons. The smallest absolute Gasteiger partial charge is 0.485 e. The Kier molecular flexibility index (Phi) is 7.91. The third-order valence-corrected chi connectivity index (χ3v) is 4.32. The van der Waals surface area contributed by atoms with E-state index in [-0.39, 0.29) is 10.6 Å². The molecule has 0 unspecified atom stereocenters. The van der Waals surface area contributed by atoms with Crippen molar-refractivity contribution < 1.29 is 35.6 Å². The lowest BCUT2D eigenvalue weighted by Gasteiger charge is -2.09. The molecule has 0 atom stereocenters. The number of nitro groups is 1. The van der Waals surface area contributed by atoms with Gasteiger partial charge in [0.05, 0.1) is 23.4 Å². The zero-order valence-electron chi connectivity index (χ0n) is 15.4. The first-order valence-electron chi connectivity index (χ1n) is 8.16. The Morgan fingerprint density at radius 1 is 1.10 bits per heavy atom. The number of nitro benzene ring substituents is 1. The monoisotopic (exact) mass is 436 g/mol. The molecule has 0 aliphatic carbocycles. The minimum Gasteiger partial charge on any atom is -0.741 e. The van der Waals surface area contributed by atoms with Crippen LogP contribution in [0.4, 0.5) is 24.5 Å². The molecule has 0 heterocycles. The second kappa shape index (κ2) is 9.52. The fourth-order valence-corrected chi connectivity index (χ4v) is 2.33. The number of non-ortho nitro benzene ring substituents is 1. The summed E-state index contributed by atoms with van der Waals surface area (Å²) in [5.41, 5.74) is 1.27. The van der Waals surface area contributed by atoms with Gasteiger partial charge in [0, 0.05) is 11.5 Å². The number of fused-ring (bicyclic) bond motifs is 1. The summed E-state index contributed by atoms with van der Waals surface area (Å²) in [6.45, 7) is 5.62. The number of alkyl halides is 3. The van der Waals surface area contributed by atoms with Gasteiger partial charge in [-0.15, -0.1) is 0 Å². The van der Waals surface area contributed by atoms with E-state index in [4.69, 9.17) is 18.7 Å². The van der Waals surface area contributed by atoms with E-state index in [9.17, 15) is 23.3 Å². The van der Waals surface area contributed by atoms with Crippen LogP contribution in [0.1, 0.15) is 13.8 Å². The average molecular weight is 436 g/mol. The first-order valence-corrected chi connectivity index (χ1v) is 9.57. The van der Waals surface area contributed by atoms with Gasteiger partial charge < -0.3 is 4.55 Å². The van der Waals surface area contributed by atoms with E-state index >= 15 is 0 Å². The van der Waals surface area contributed by atoms with Crippen LogP contribution in [0.2, 0.25) is 0 Å². The van der Waals surface area contributed by atoms with Crippen molar-refractivity contribution in [2.45, 2.75) is 19.4 Å². The molecule has 13 heteroatoms. The number of guanidine groups is 1. The van der Waals surface area contributed by atoms with Crippen LogP contribution in [0.5, 0.6) is 0 Å². The number of halogens is 3. The third-order valence-electron chi connectivity index (χ3n) is 3.75. The highest BCUT2D eigenvalue weighted by molar-refractivity contribution is 7.86. The lowest BCUT2D eigenvalue weighted by Crippen LogP contribution is -2.35. The Balaban J connectivity index is 0.000000447. The normalized spacial score (nSPS) is 11.4. The van der Waals surface area contributed by atoms with Crippen molar-refractivity contribution in [3.8, 4) is 0 Å². The van der Waals surface area contributed by atoms with Crippen LogP contribution in [0.25, 0.3) is 10.8 Å². The molecule has 3 N–H and O–H groups in total. The van der Waals surface area contributed by atoms with E-state index in [1.807, 2.05) is 30.6 Å². The molecule has 29 heavy (non-hydrogen) atoms. The summed E-state index contributed by atoms with van der Waals surface area (Å²) in [7, 11) is -6.09. The average Bonchev–Trinajstić information content (AvgIpc) is 2.61. The molecule has 9 nitrogen and oxygen atoms in total. The van der Waals surface area contributed by atoms with Crippen molar-refractivity contribution in [2.75, 3.05) is 18.4 Å². The second-order valence-electron chi connectivity index (χ2n) is 5.52. The van der Waals surface area contributed by atoms with E-state index in [1.165, 1.54) is 6.07 Å². The molecule has 0 radical (unpaired) electrons. The summed E-state index contributed by atoms with van der Waals surface area (Å²) in [5, 5.41) is 15.6. The van der Waals surface area contributed by atoms with E-state index in [1.54, 1.807) is 18.2 Å². The molecule has 2 rings (SSSR count). The first kappa shape index (κ1) is 24.1. The maximum Gasteiger partial charge on any atom is 0.485 e. The van der Waals surface area contributed by atoms with Crippen molar-refractivity contribution in [3.63, 3.8) is 0 Å². The summed E-state index contributed by atoms with van der Waals surface area (Å²) < 4.78 is 60.9. The molecular formula is C16H19F3N4O5S. The zero-order valence-corrected chi connectivity index (χ0v) is 16.2. The third kappa shape index (κ3) is 6.29. The highest BCUT2D eigenvalue weighted by Crippen LogP contribution is 2.31. The Morgan fingerprint density at radius 3 is 2.00 bits per heavy atom. The Hall–Kier alpha value is -2.93. The van der Waals surface area contributed by atoms with Crippen molar-refractivity contribution in [1.82, 2.24) is 0 Å². The Bertz CT molecular complexity index is 1020. The molecule has 0 aromatic heterocycles. The molecule has 0 saturated heterocycles. The molecular weight excluding hydrogens is 417 g/mol. The van der Waals surface area contributed by atoms with Gasteiger partial charge in [-0.3, -0.25) is 20.4 Å². The summed E-state index contributed by atoms with van der Waals surface area (Å²) in [4.78, 5) is 10.7. The number of nitrogens with one attached hydrogen (secondary N) is 1. The molecule has 0 saturated carbocycles. The predicted octanol–water partition coefficient (Wildman–Crippen LogP) is 2.58. The van der Waals surface area contributed by atoms with E-state index < -0.39 is 15.6 Å². The van der Waals surface area contributed by atoms with Gasteiger partial charge in [-0.1, -0.05) is 18.2 Å². The van der Waals surface area contributed by atoms with Gasteiger partial charge >= 0.3 is 11.5 Å². The maximum absolute atomic E-state index is 11.1. The zero-order chi connectivity index (χ0) is 22.4. The van der Waals surface area contributed by atoms with E-state index in [2.05, 4.69) is 5.32 Å². The van der Waals surface area contributed by atoms with Gasteiger partial charge in [0.1, 0.15) is 5.69 Å². The largest absolute Gasteiger partial charge is 0.741 e. The summed E-state index contributed by atoms with van der Waals surface area (Å²) in [5.74, 6) is 0.541. The number of hydrogen-bond acceptors (Lipinski definition) is 5. The van der Waals surface area contributed by atoms with Gasteiger partial charge in [0.15, 0.2) is 10.1 Å². The molecule has 2 aromatic rings. The van der Waals surface area contributed by atoms with Gasteiger partial charge in [0.2, 0.25) is 0 Å². The van der Waals surface area contributed by atoms with Crippen molar-refractivity contribution in [3.05, 3.63) is 46.5 Å². The minimum atomic E-state index is -6.09. The van der Waals surface area contributed by atoms with Gasteiger partial charge in [0.25, 0.3) is 5.69 Å². The van der Waals surface area contributed by atoms with Crippen LogP contribution in [0.15, 0.2) is 36.4 Å². The van der Waals surface area contributed by atoms with Crippen LogP contribution >= 0.6 is 0 Å². The first-order chi connectivity index (χ1) is 13.3. The fourth-order valence-electron chi connectivity index (χ4n) is 2.33. The van der Waals surface area contributed by atoms with Crippen LogP contribution in [-0.4, -0.2) is 47.0 Å². The molecule has 0 fully saturated rings. The second-order valence-corrected chi connectivity index (χ2v) is 6.89. The van der Waals surface area contributed by atoms with Crippen molar-refractivity contribution in [1.29, 1.82) is 0 Å². The van der Waals surface area contributed by atoms with Gasteiger partial charge in [-0.2, -0.15) is 13.2 Å². The summed E-state index contributed by atoms with van der Waals surface area (Å²) in [6, 6.07) is 10.4. The number of nitrogens with two attached hydrogens (primary N) is 1. The maximum atomic E-state index is 11.1. The quantitative estimate of drug-likeness (QED) is 0.143. The SMILES string of the molecule is CC[N+](CC)=C(N)Nc1ccc([N+](=O)[O-])c2ccccc12.O=S(=O)([O-])C(F)(F)F. The van der Waals surface area contributed by atoms with Crippen molar-refractivity contribution >= 4 is 38.2 Å².